The molecule has 0 aromatic heterocycles. The van der Waals surface area contributed by atoms with Crippen LogP contribution >= 0.6 is 0 Å². The van der Waals surface area contributed by atoms with Gasteiger partial charge in [-0.05, 0) is 55.5 Å². The van der Waals surface area contributed by atoms with Gasteiger partial charge in [0.1, 0.15) is 6.04 Å². The SMILES string of the molecule is COC(C)(C(F)F)[C@H](NC(=O)c1ccc(C#Cc2ccc(C(N)=O)cc2)cc1)C(=O)NO. The Morgan fingerprint density at radius 2 is 1.47 bits per heavy atom. The summed E-state index contributed by atoms with van der Waals surface area (Å²) in [5.74, 6) is 3.13. The number of rotatable bonds is 7. The van der Waals surface area contributed by atoms with Gasteiger partial charge in [0, 0.05) is 29.4 Å². The second-order valence-corrected chi connectivity index (χ2v) is 6.84. The summed E-state index contributed by atoms with van der Waals surface area (Å²) in [4.78, 5) is 35.5. The lowest BCUT2D eigenvalue weighted by Gasteiger charge is -2.34. The smallest absolute Gasteiger partial charge is 0.269 e. The van der Waals surface area contributed by atoms with Crippen LogP contribution in [0, 0.1) is 11.8 Å². The topological polar surface area (TPSA) is 131 Å². The van der Waals surface area contributed by atoms with Gasteiger partial charge in [-0.15, -0.1) is 0 Å². The molecule has 2 rings (SSSR count). The number of hydroxylamine groups is 1. The van der Waals surface area contributed by atoms with Gasteiger partial charge in [-0.3, -0.25) is 19.6 Å². The van der Waals surface area contributed by atoms with E-state index in [0.29, 0.717) is 16.7 Å². The largest absolute Gasteiger partial charge is 0.370 e. The first-order chi connectivity index (χ1) is 15.1. The molecule has 0 saturated carbocycles. The van der Waals surface area contributed by atoms with Crippen LogP contribution in [0.4, 0.5) is 8.78 Å². The average molecular weight is 445 g/mol. The number of hydrogen-bond acceptors (Lipinski definition) is 5. The Hall–Kier alpha value is -3.81. The Kier molecular flexibility index (Phi) is 8.01. The summed E-state index contributed by atoms with van der Waals surface area (Å²) in [6, 6.07) is 10.4. The quantitative estimate of drug-likeness (QED) is 0.291. The lowest BCUT2D eigenvalue weighted by molar-refractivity contribution is -0.157. The van der Waals surface area contributed by atoms with E-state index in [-0.39, 0.29) is 5.56 Å². The Morgan fingerprint density at radius 3 is 1.84 bits per heavy atom. The number of amides is 3. The van der Waals surface area contributed by atoms with Crippen molar-refractivity contribution in [1.29, 1.82) is 0 Å². The Morgan fingerprint density at radius 1 is 1.00 bits per heavy atom. The molecule has 8 nitrogen and oxygen atoms in total. The van der Waals surface area contributed by atoms with Crippen LogP contribution in [0.15, 0.2) is 48.5 Å². The number of ether oxygens (including phenoxy) is 1. The number of primary amides is 1. The molecule has 0 heterocycles. The number of nitrogens with two attached hydrogens (primary N) is 1. The Bertz CT molecular complexity index is 1050. The highest BCUT2D eigenvalue weighted by Crippen LogP contribution is 2.24. The Balaban J connectivity index is 2.17. The van der Waals surface area contributed by atoms with Crippen LogP contribution in [0.5, 0.6) is 0 Å². The van der Waals surface area contributed by atoms with Gasteiger partial charge >= 0.3 is 0 Å². The van der Waals surface area contributed by atoms with Gasteiger partial charge in [0.05, 0.1) is 0 Å². The van der Waals surface area contributed by atoms with Crippen molar-refractivity contribution < 1.29 is 33.1 Å². The Labute approximate surface area is 182 Å². The molecular weight excluding hydrogens is 424 g/mol. The van der Waals surface area contributed by atoms with Crippen molar-refractivity contribution in [3.63, 3.8) is 0 Å². The van der Waals surface area contributed by atoms with Crippen LogP contribution in [0.1, 0.15) is 38.8 Å². The molecule has 0 saturated heterocycles. The monoisotopic (exact) mass is 445 g/mol. The van der Waals surface area contributed by atoms with E-state index in [4.69, 9.17) is 15.7 Å². The van der Waals surface area contributed by atoms with Gasteiger partial charge in [-0.1, -0.05) is 11.8 Å². The zero-order chi connectivity index (χ0) is 23.9. The number of benzene rings is 2. The normalized spacial score (nSPS) is 13.3. The minimum Gasteiger partial charge on any atom is -0.370 e. The minimum absolute atomic E-state index is 0.0739. The van der Waals surface area contributed by atoms with Gasteiger partial charge in [0.25, 0.3) is 18.2 Å². The van der Waals surface area contributed by atoms with E-state index in [1.807, 2.05) is 0 Å². The molecule has 5 N–H and O–H groups in total. The molecule has 10 heteroatoms. The fourth-order valence-electron chi connectivity index (χ4n) is 2.65. The maximum atomic E-state index is 13.4. The second-order valence-electron chi connectivity index (χ2n) is 6.84. The molecular formula is C22H21F2N3O5. The fourth-order valence-corrected chi connectivity index (χ4v) is 2.65. The number of halogens is 2. The van der Waals surface area contributed by atoms with E-state index >= 15 is 0 Å². The number of methoxy groups -OCH3 is 1. The van der Waals surface area contributed by atoms with Crippen LogP contribution in [0.3, 0.4) is 0 Å². The van der Waals surface area contributed by atoms with Crippen LogP contribution in [0.2, 0.25) is 0 Å². The third kappa shape index (κ3) is 5.66. The van der Waals surface area contributed by atoms with Crippen molar-refractivity contribution in [1.82, 2.24) is 10.8 Å². The van der Waals surface area contributed by atoms with E-state index < -0.39 is 35.8 Å². The van der Waals surface area contributed by atoms with Crippen molar-refractivity contribution in [2.24, 2.45) is 5.73 Å². The number of alkyl halides is 2. The number of carbonyl (C=O) groups excluding carboxylic acids is 3. The van der Waals surface area contributed by atoms with Crippen LogP contribution < -0.4 is 16.5 Å². The van der Waals surface area contributed by atoms with Crippen LogP contribution in [0.25, 0.3) is 0 Å². The molecule has 0 bridgehead atoms. The summed E-state index contributed by atoms with van der Waals surface area (Å²) in [6.07, 6.45) is -3.13. The molecule has 0 aliphatic heterocycles. The van der Waals surface area contributed by atoms with Crippen molar-refractivity contribution in [2.45, 2.75) is 25.0 Å². The van der Waals surface area contributed by atoms with Gasteiger partial charge < -0.3 is 15.8 Å². The summed E-state index contributed by atoms with van der Waals surface area (Å²) in [7, 11) is 0.963. The zero-order valence-corrected chi connectivity index (χ0v) is 17.2. The highest BCUT2D eigenvalue weighted by atomic mass is 19.3. The summed E-state index contributed by atoms with van der Waals surface area (Å²) >= 11 is 0. The van der Waals surface area contributed by atoms with E-state index in [1.54, 1.807) is 24.3 Å². The first kappa shape index (κ1) is 24.5. The fraction of sp³-hybridized carbons (Fsp3) is 0.227. The highest BCUT2D eigenvalue weighted by molar-refractivity contribution is 5.98. The van der Waals surface area contributed by atoms with Crippen molar-refractivity contribution >= 4 is 17.7 Å². The first-order valence-corrected chi connectivity index (χ1v) is 9.22. The minimum atomic E-state index is -3.13. The molecule has 0 aliphatic carbocycles. The first-order valence-electron chi connectivity index (χ1n) is 9.22. The van der Waals surface area contributed by atoms with Gasteiger partial charge in [0.2, 0.25) is 5.91 Å². The number of carbonyl (C=O) groups is 3. The van der Waals surface area contributed by atoms with Crippen molar-refractivity contribution in [3.8, 4) is 11.8 Å². The highest BCUT2D eigenvalue weighted by Gasteiger charge is 2.48. The predicted molar refractivity (Wildman–Crippen MR) is 110 cm³/mol. The lowest BCUT2D eigenvalue weighted by Crippen LogP contribution is -2.62. The molecule has 3 amide bonds. The molecule has 2 aromatic rings. The standard InChI is InChI=1S/C22H21F2N3O5/c1-22(32-2,21(23)24)17(20(30)27-31)26-19(29)16-11-7-14(8-12-16)4-3-13-5-9-15(10-6-13)18(25)28/h5-12,17,21,31H,1-2H3,(H2,25,28)(H,26,29)(H,27,30)/t17-,22?/m1/s1. The summed E-state index contributed by atoms with van der Waals surface area (Å²) in [5.41, 5.74) is 5.69. The zero-order valence-electron chi connectivity index (χ0n) is 17.2. The average Bonchev–Trinajstić information content (AvgIpc) is 2.80. The number of hydrogen-bond donors (Lipinski definition) is 4. The molecule has 0 aliphatic rings. The van der Waals surface area contributed by atoms with Gasteiger partial charge in [0.15, 0.2) is 5.60 Å². The summed E-state index contributed by atoms with van der Waals surface area (Å²) < 4.78 is 31.6. The van der Waals surface area contributed by atoms with E-state index in [0.717, 1.165) is 14.0 Å². The van der Waals surface area contributed by atoms with Crippen molar-refractivity contribution in [2.75, 3.05) is 7.11 Å². The lowest BCUT2D eigenvalue weighted by atomic mass is 9.95. The summed E-state index contributed by atoms with van der Waals surface area (Å²) in [5, 5.41) is 11.0. The third-order valence-corrected chi connectivity index (χ3v) is 4.76. The molecule has 168 valence electrons. The molecule has 0 fully saturated rings. The molecule has 1 unspecified atom stereocenters. The maximum absolute atomic E-state index is 13.4. The molecule has 2 atom stereocenters. The van der Waals surface area contributed by atoms with Gasteiger partial charge in [-0.2, -0.15) is 0 Å². The second kappa shape index (κ2) is 10.5. The number of nitrogens with one attached hydrogen (secondary N) is 2. The van der Waals surface area contributed by atoms with Crippen LogP contribution in [-0.4, -0.2) is 48.1 Å². The van der Waals surface area contributed by atoms with Crippen molar-refractivity contribution in [3.05, 3.63) is 70.8 Å². The third-order valence-electron chi connectivity index (χ3n) is 4.76. The summed E-state index contributed by atoms with van der Waals surface area (Å²) in [6.45, 7) is 0.937. The molecule has 32 heavy (non-hydrogen) atoms. The molecule has 2 aromatic carbocycles. The maximum Gasteiger partial charge on any atom is 0.269 e. The van der Waals surface area contributed by atoms with Gasteiger partial charge in [-0.25, -0.2) is 14.3 Å². The van der Waals surface area contributed by atoms with E-state index in [9.17, 15) is 23.2 Å². The predicted octanol–water partition coefficient (Wildman–Crippen LogP) is 1.46. The van der Waals surface area contributed by atoms with Crippen LogP contribution in [-0.2, 0) is 9.53 Å². The van der Waals surface area contributed by atoms with E-state index in [1.165, 1.54) is 29.7 Å². The van der Waals surface area contributed by atoms with E-state index in [2.05, 4.69) is 17.2 Å². The molecule has 0 radical (unpaired) electrons. The molecule has 0 spiro atoms.